The highest BCUT2D eigenvalue weighted by molar-refractivity contribution is 5.85. The average Bonchev–Trinajstić information content (AvgIpc) is 2.68. The van der Waals surface area contributed by atoms with E-state index in [2.05, 4.69) is 10.2 Å². The summed E-state index contributed by atoms with van der Waals surface area (Å²) in [4.78, 5) is 2.14. The normalized spacial score (nSPS) is 16.2. The Bertz CT molecular complexity index is 706. The van der Waals surface area contributed by atoms with Gasteiger partial charge in [-0.2, -0.15) is 13.2 Å². The summed E-state index contributed by atoms with van der Waals surface area (Å²) in [5.41, 5.74) is 1.94. The molecule has 1 heterocycles. The molecule has 1 atom stereocenters. The van der Waals surface area contributed by atoms with Crippen molar-refractivity contribution in [3.05, 3.63) is 65.7 Å². The second kappa shape index (κ2) is 10.7. The minimum Gasteiger partial charge on any atom is -0.489 e. The van der Waals surface area contributed by atoms with E-state index in [-0.39, 0.29) is 24.9 Å². The standard InChI is InChI=1S/C21H25F3N2O.ClH/c22-21(23,24)10-9-20(26-13-11-25-12-14-26)18-7-4-8-19(15-18)27-16-17-5-2-1-3-6-17;/h1-8,15,20,25H,9-14,16H2;1H/t20-;/m0./s1. The number of ether oxygens (including phenoxy) is 1. The Morgan fingerprint density at radius 3 is 2.39 bits per heavy atom. The lowest BCUT2D eigenvalue weighted by atomic mass is 9.99. The fraction of sp³-hybridized carbons (Fsp3) is 0.429. The number of benzene rings is 2. The highest BCUT2D eigenvalue weighted by atomic mass is 35.5. The van der Waals surface area contributed by atoms with Crippen LogP contribution < -0.4 is 10.1 Å². The molecule has 1 fully saturated rings. The summed E-state index contributed by atoms with van der Waals surface area (Å²) in [6.07, 6.45) is -4.87. The third-order valence-corrected chi connectivity index (χ3v) is 4.78. The van der Waals surface area contributed by atoms with Crippen molar-refractivity contribution in [3.8, 4) is 5.75 Å². The van der Waals surface area contributed by atoms with Crippen LogP contribution in [0.4, 0.5) is 13.2 Å². The first kappa shape index (κ1) is 22.5. The molecule has 0 spiro atoms. The quantitative estimate of drug-likeness (QED) is 0.691. The molecule has 3 rings (SSSR count). The fourth-order valence-corrected chi connectivity index (χ4v) is 3.41. The van der Waals surface area contributed by atoms with Gasteiger partial charge in [0.15, 0.2) is 0 Å². The predicted octanol–water partition coefficient (Wildman–Crippen LogP) is 4.98. The largest absolute Gasteiger partial charge is 0.489 e. The van der Waals surface area contributed by atoms with Crippen molar-refractivity contribution in [1.82, 2.24) is 10.2 Å². The van der Waals surface area contributed by atoms with Gasteiger partial charge in [0.2, 0.25) is 0 Å². The third kappa shape index (κ3) is 7.00. The van der Waals surface area contributed by atoms with Gasteiger partial charge in [0.1, 0.15) is 12.4 Å². The maximum Gasteiger partial charge on any atom is 0.389 e. The number of nitrogens with one attached hydrogen (secondary N) is 1. The van der Waals surface area contributed by atoms with Crippen molar-refractivity contribution in [1.29, 1.82) is 0 Å². The van der Waals surface area contributed by atoms with Gasteiger partial charge in [0.25, 0.3) is 0 Å². The molecule has 3 nitrogen and oxygen atoms in total. The van der Waals surface area contributed by atoms with Gasteiger partial charge in [-0.1, -0.05) is 42.5 Å². The molecule has 0 saturated carbocycles. The lowest BCUT2D eigenvalue weighted by Gasteiger charge is -2.35. The first-order chi connectivity index (χ1) is 13.0. The van der Waals surface area contributed by atoms with Crippen LogP contribution in [0.1, 0.15) is 30.0 Å². The van der Waals surface area contributed by atoms with Gasteiger partial charge in [0, 0.05) is 38.6 Å². The molecule has 0 bridgehead atoms. The zero-order valence-electron chi connectivity index (χ0n) is 15.6. The monoisotopic (exact) mass is 414 g/mol. The molecule has 2 aromatic carbocycles. The Kier molecular flexibility index (Phi) is 8.60. The van der Waals surface area contributed by atoms with E-state index in [0.717, 1.165) is 37.3 Å². The molecule has 7 heteroatoms. The van der Waals surface area contributed by atoms with Crippen LogP contribution >= 0.6 is 12.4 Å². The summed E-state index contributed by atoms with van der Waals surface area (Å²) in [5.74, 6) is 0.684. The van der Waals surface area contributed by atoms with E-state index in [9.17, 15) is 13.2 Å². The van der Waals surface area contributed by atoms with Crippen LogP contribution in [0, 0.1) is 0 Å². The first-order valence-electron chi connectivity index (χ1n) is 9.29. The number of rotatable bonds is 7. The van der Waals surface area contributed by atoms with Crippen molar-refractivity contribution in [2.75, 3.05) is 26.2 Å². The van der Waals surface area contributed by atoms with E-state index in [1.807, 2.05) is 54.6 Å². The Hall–Kier alpha value is -1.76. The Balaban J connectivity index is 0.00000280. The van der Waals surface area contributed by atoms with Crippen molar-refractivity contribution in [2.24, 2.45) is 0 Å². The van der Waals surface area contributed by atoms with E-state index in [0.29, 0.717) is 12.4 Å². The van der Waals surface area contributed by atoms with Crippen LogP contribution in [0.15, 0.2) is 54.6 Å². The number of hydrogen-bond donors (Lipinski definition) is 1. The molecule has 1 N–H and O–H groups in total. The van der Waals surface area contributed by atoms with E-state index in [1.54, 1.807) is 0 Å². The maximum atomic E-state index is 12.8. The van der Waals surface area contributed by atoms with Crippen LogP contribution in [0.5, 0.6) is 5.75 Å². The Morgan fingerprint density at radius 2 is 1.71 bits per heavy atom. The maximum absolute atomic E-state index is 12.8. The van der Waals surface area contributed by atoms with Gasteiger partial charge in [-0.05, 0) is 29.7 Å². The smallest absolute Gasteiger partial charge is 0.389 e. The molecule has 154 valence electrons. The lowest BCUT2D eigenvalue weighted by molar-refractivity contribution is -0.138. The minimum atomic E-state index is -4.15. The fourth-order valence-electron chi connectivity index (χ4n) is 3.41. The average molecular weight is 415 g/mol. The Morgan fingerprint density at radius 1 is 1.00 bits per heavy atom. The second-order valence-corrected chi connectivity index (χ2v) is 6.80. The molecule has 2 aromatic rings. The van der Waals surface area contributed by atoms with Crippen molar-refractivity contribution >= 4 is 12.4 Å². The van der Waals surface area contributed by atoms with Crippen molar-refractivity contribution < 1.29 is 17.9 Å². The molecule has 0 aromatic heterocycles. The van der Waals surface area contributed by atoms with E-state index in [4.69, 9.17) is 4.74 Å². The van der Waals surface area contributed by atoms with Gasteiger partial charge >= 0.3 is 6.18 Å². The number of hydrogen-bond acceptors (Lipinski definition) is 3. The Labute approximate surface area is 170 Å². The summed E-state index contributed by atoms with van der Waals surface area (Å²) in [5, 5.41) is 3.25. The number of nitrogens with zero attached hydrogens (tertiary/aromatic N) is 1. The number of halogens is 4. The topological polar surface area (TPSA) is 24.5 Å². The molecule has 0 radical (unpaired) electrons. The van der Waals surface area contributed by atoms with E-state index >= 15 is 0 Å². The highest BCUT2D eigenvalue weighted by Gasteiger charge is 2.31. The number of piperazine rings is 1. The van der Waals surface area contributed by atoms with E-state index < -0.39 is 12.6 Å². The van der Waals surface area contributed by atoms with Crippen LogP contribution in [0.25, 0.3) is 0 Å². The third-order valence-electron chi connectivity index (χ3n) is 4.78. The lowest BCUT2D eigenvalue weighted by Crippen LogP contribution is -2.45. The molecular weight excluding hydrogens is 389 g/mol. The second-order valence-electron chi connectivity index (χ2n) is 6.80. The van der Waals surface area contributed by atoms with Crippen LogP contribution in [0.2, 0.25) is 0 Å². The molecular formula is C21H26ClF3N2O. The summed E-state index contributed by atoms with van der Waals surface area (Å²) >= 11 is 0. The minimum absolute atomic E-state index is 0. The molecule has 1 saturated heterocycles. The van der Waals surface area contributed by atoms with Gasteiger partial charge in [-0.25, -0.2) is 0 Å². The van der Waals surface area contributed by atoms with Crippen LogP contribution in [-0.2, 0) is 6.61 Å². The molecule has 0 aliphatic carbocycles. The van der Waals surface area contributed by atoms with E-state index in [1.165, 1.54) is 0 Å². The molecule has 0 unspecified atom stereocenters. The molecule has 1 aliphatic rings. The summed E-state index contributed by atoms with van der Waals surface area (Å²) in [6.45, 7) is 3.53. The summed E-state index contributed by atoms with van der Waals surface area (Å²) in [7, 11) is 0. The zero-order valence-corrected chi connectivity index (χ0v) is 16.4. The highest BCUT2D eigenvalue weighted by Crippen LogP contribution is 2.33. The van der Waals surface area contributed by atoms with Crippen LogP contribution in [-0.4, -0.2) is 37.3 Å². The van der Waals surface area contributed by atoms with Crippen LogP contribution in [0.3, 0.4) is 0 Å². The first-order valence-corrected chi connectivity index (χ1v) is 9.29. The summed E-state index contributed by atoms with van der Waals surface area (Å²) in [6, 6.07) is 17.1. The number of alkyl halides is 3. The van der Waals surface area contributed by atoms with Gasteiger partial charge in [0.05, 0.1) is 0 Å². The van der Waals surface area contributed by atoms with Crippen molar-refractivity contribution in [2.45, 2.75) is 31.7 Å². The van der Waals surface area contributed by atoms with Crippen molar-refractivity contribution in [3.63, 3.8) is 0 Å². The zero-order chi connectivity index (χ0) is 19.1. The summed E-state index contributed by atoms with van der Waals surface area (Å²) < 4.78 is 44.4. The SMILES string of the molecule is Cl.FC(F)(F)CC[C@@H](c1cccc(OCc2ccccc2)c1)N1CCNCC1. The van der Waals surface area contributed by atoms with Gasteiger partial charge in [-0.15, -0.1) is 12.4 Å². The molecule has 28 heavy (non-hydrogen) atoms. The molecule has 0 amide bonds. The predicted molar refractivity (Wildman–Crippen MR) is 107 cm³/mol. The van der Waals surface area contributed by atoms with Gasteiger partial charge in [-0.3, -0.25) is 4.90 Å². The molecule has 1 aliphatic heterocycles. The van der Waals surface area contributed by atoms with Gasteiger partial charge < -0.3 is 10.1 Å².